The molecule has 2 aromatic rings. The number of nitrogens with one attached hydrogen (secondary N) is 1. The minimum atomic E-state index is -0.331. The Morgan fingerprint density at radius 2 is 1.81 bits per heavy atom. The molecule has 1 unspecified atom stereocenters. The van der Waals surface area contributed by atoms with Crippen molar-refractivity contribution in [2.45, 2.75) is 12.5 Å². The fraction of sp³-hybridized carbons (Fsp3) is 0.316. The summed E-state index contributed by atoms with van der Waals surface area (Å²) in [5.74, 6) is -0.839. The molecular formula is C19H21N3O3S. The summed E-state index contributed by atoms with van der Waals surface area (Å²) in [5, 5.41) is 6.98. The van der Waals surface area contributed by atoms with E-state index in [4.69, 9.17) is 0 Å². The lowest BCUT2D eigenvalue weighted by atomic mass is 10.1. The molecule has 0 saturated carbocycles. The van der Waals surface area contributed by atoms with Gasteiger partial charge in [-0.2, -0.15) is 11.3 Å². The maximum atomic E-state index is 12.3. The van der Waals surface area contributed by atoms with Crippen LogP contribution < -0.4 is 5.32 Å². The van der Waals surface area contributed by atoms with E-state index in [1.165, 1.54) is 0 Å². The second-order valence-electron chi connectivity index (χ2n) is 6.40. The highest BCUT2D eigenvalue weighted by molar-refractivity contribution is 7.07. The lowest BCUT2D eigenvalue weighted by Crippen LogP contribution is -2.37. The molecule has 7 heteroatoms. The Balaban J connectivity index is 1.53. The number of imide groups is 1. The average Bonchev–Trinajstić information content (AvgIpc) is 3.22. The number of amides is 3. The molecule has 0 fully saturated rings. The number of likely N-dealkylation sites (N-methyl/N-ethyl adjacent to an activating group) is 1. The lowest BCUT2D eigenvalue weighted by molar-refractivity contribution is -0.121. The van der Waals surface area contributed by atoms with Crippen LogP contribution in [-0.4, -0.2) is 54.7 Å². The first kappa shape index (κ1) is 18.3. The highest BCUT2D eigenvalue weighted by Gasteiger charge is 2.34. The molecule has 6 nitrogen and oxygen atoms in total. The fourth-order valence-electron chi connectivity index (χ4n) is 3.02. The molecular weight excluding hydrogens is 350 g/mol. The van der Waals surface area contributed by atoms with Gasteiger partial charge in [0.2, 0.25) is 5.91 Å². The molecule has 1 aliphatic rings. The third-order valence-electron chi connectivity index (χ3n) is 4.48. The quantitative estimate of drug-likeness (QED) is 0.757. The van der Waals surface area contributed by atoms with Gasteiger partial charge in [-0.05, 0) is 48.6 Å². The number of thiophene rings is 1. The molecule has 2 heterocycles. The molecule has 1 aliphatic heterocycles. The van der Waals surface area contributed by atoms with Crippen molar-refractivity contribution in [3.05, 3.63) is 57.8 Å². The van der Waals surface area contributed by atoms with Gasteiger partial charge in [-0.3, -0.25) is 19.3 Å². The van der Waals surface area contributed by atoms with E-state index in [0.717, 1.165) is 10.5 Å². The van der Waals surface area contributed by atoms with Gasteiger partial charge in [-0.15, -0.1) is 0 Å². The maximum absolute atomic E-state index is 12.3. The Morgan fingerprint density at radius 1 is 1.15 bits per heavy atom. The number of carbonyl (C=O) groups is 3. The molecule has 136 valence electrons. The van der Waals surface area contributed by atoms with Gasteiger partial charge in [0.1, 0.15) is 0 Å². The number of hydrogen-bond donors (Lipinski definition) is 1. The van der Waals surface area contributed by atoms with E-state index in [1.54, 1.807) is 35.6 Å². The van der Waals surface area contributed by atoms with Crippen LogP contribution in [0.5, 0.6) is 0 Å². The monoisotopic (exact) mass is 371 g/mol. The van der Waals surface area contributed by atoms with Crippen molar-refractivity contribution >= 4 is 29.1 Å². The Labute approximate surface area is 156 Å². The maximum Gasteiger partial charge on any atom is 0.261 e. The second kappa shape index (κ2) is 7.80. The zero-order valence-electron chi connectivity index (χ0n) is 14.8. The number of benzene rings is 1. The zero-order chi connectivity index (χ0) is 18.7. The summed E-state index contributed by atoms with van der Waals surface area (Å²) in [7, 11) is 3.93. The largest absolute Gasteiger partial charge is 0.354 e. The minimum Gasteiger partial charge on any atom is -0.354 e. The van der Waals surface area contributed by atoms with Crippen LogP contribution in [0.1, 0.15) is 38.7 Å². The van der Waals surface area contributed by atoms with Gasteiger partial charge in [0.05, 0.1) is 17.2 Å². The third-order valence-corrected chi connectivity index (χ3v) is 5.19. The summed E-state index contributed by atoms with van der Waals surface area (Å²) in [6.45, 7) is 0.563. The number of fused-ring (bicyclic) bond motifs is 1. The van der Waals surface area contributed by atoms with Crippen molar-refractivity contribution in [3.63, 3.8) is 0 Å². The van der Waals surface area contributed by atoms with Gasteiger partial charge in [0.25, 0.3) is 11.8 Å². The molecule has 0 bridgehead atoms. The van der Waals surface area contributed by atoms with Crippen LogP contribution in [0.15, 0.2) is 41.1 Å². The predicted octanol–water partition coefficient (Wildman–Crippen LogP) is 2.15. The Morgan fingerprint density at radius 3 is 2.35 bits per heavy atom. The highest BCUT2D eigenvalue weighted by Crippen LogP contribution is 2.23. The molecule has 0 saturated heterocycles. The first-order chi connectivity index (χ1) is 12.5. The molecule has 0 radical (unpaired) electrons. The molecule has 1 aromatic heterocycles. The molecule has 1 aromatic carbocycles. The van der Waals surface area contributed by atoms with E-state index >= 15 is 0 Å². The molecule has 26 heavy (non-hydrogen) atoms. The Hall–Kier alpha value is -2.51. The zero-order valence-corrected chi connectivity index (χ0v) is 15.6. The van der Waals surface area contributed by atoms with Gasteiger partial charge < -0.3 is 10.2 Å². The van der Waals surface area contributed by atoms with E-state index in [9.17, 15) is 14.4 Å². The predicted molar refractivity (Wildman–Crippen MR) is 100 cm³/mol. The standard InChI is InChI=1S/C19H21N3O3S/c1-21(2)16(13-8-10-26-12-13)11-20-17(23)7-9-22-18(24)14-5-3-4-6-15(14)19(22)25/h3-6,8,10,12,16H,7,9,11H2,1-2H3,(H,20,23). The Bertz CT molecular complexity index is 782. The third kappa shape index (κ3) is 3.68. The van der Waals surface area contributed by atoms with E-state index in [0.29, 0.717) is 17.7 Å². The van der Waals surface area contributed by atoms with E-state index in [1.807, 2.05) is 30.4 Å². The normalized spacial score (nSPS) is 14.7. The van der Waals surface area contributed by atoms with E-state index in [-0.39, 0.29) is 36.7 Å². The van der Waals surface area contributed by atoms with Crippen molar-refractivity contribution in [2.24, 2.45) is 0 Å². The molecule has 0 spiro atoms. The van der Waals surface area contributed by atoms with Gasteiger partial charge in [0, 0.05) is 19.5 Å². The van der Waals surface area contributed by atoms with Crippen molar-refractivity contribution in [3.8, 4) is 0 Å². The summed E-state index contributed by atoms with van der Waals surface area (Å²) in [6.07, 6.45) is 0.0925. The van der Waals surface area contributed by atoms with Crippen LogP contribution in [-0.2, 0) is 4.79 Å². The van der Waals surface area contributed by atoms with Crippen LogP contribution in [0.3, 0.4) is 0 Å². The average molecular weight is 371 g/mol. The summed E-state index contributed by atoms with van der Waals surface area (Å²) in [6, 6.07) is 8.86. The number of carbonyl (C=O) groups excluding carboxylic acids is 3. The van der Waals surface area contributed by atoms with Crippen molar-refractivity contribution in [2.75, 3.05) is 27.2 Å². The van der Waals surface area contributed by atoms with Crippen LogP contribution >= 0.6 is 11.3 Å². The topological polar surface area (TPSA) is 69.7 Å². The first-order valence-corrected chi connectivity index (χ1v) is 9.33. The lowest BCUT2D eigenvalue weighted by Gasteiger charge is -2.24. The summed E-state index contributed by atoms with van der Waals surface area (Å²) < 4.78 is 0. The number of rotatable bonds is 7. The van der Waals surface area contributed by atoms with E-state index < -0.39 is 0 Å². The summed E-state index contributed by atoms with van der Waals surface area (Å²) in [5.41, 5.74) is 1.96. The van der Waals surface area contributed by atoms with Crippen molar-refractivity contribution in [1.29, 1.82) is 0 Å². The van der Waals surface area contributed by atoms with Gasteiger partial charge >= 0.3 is 0 Å². The number of hydrogen-bond acceptors (Lipinski definition) is 5. The van der Waals surface area contributed by atoms with Crippen molar-refractivity contribution in [1.82, 2.24) is 15.1 Å². The first-order valence-electron chi connectivity index (χ1n) is 8.39. The fourth-order valence-corrected chi connectivity index (χ4v) is 3.72. The second-order valence-corrected chi connectivity index (χ2v) is 7.18. The van der Waals surface area contributed by atoms with E-state index in [2.05, 4.69) is 10.7 Å². The molecule has 3 amide bonds. The molecule has 0 aliphatic carbocycles. The van der Waals surface area contributed by atoms with Gasteiger partial charge in [-0.25, -0.2) is 0 Å². The molecule has 1 atom stereocenters. The summed E-state index contributed by atoms with van der Waals surface area (Å²) in [4.78, 5) is 40.0. The highest BCUT2D eigenvalue weighted by atomic mass is 32.1. The summed E-state index contributed by atoms with van der Waals surface area (Å²) >= 11 is 1.62. The SMILES string of the molecule is CN(C)C(CNC(=O)CCN1C(=O)c2ccccc2C1=O)c1ccsc1. The van der Waals surface area contributed by atoms with Crippen LogP contribution in [0.4, 0.5) is 0 Å². The smallest absolute Gasteiger partial charge is 0.261 e. The van der Waals surface area contributed by atoms with Gasteiger partial charge in [0.15, 0.2) is 0 Å². The van der Waals surface area contributed by atoms with Gasteiger partial charge in [-0.1, -0.05) is 12.1 Å². The van der Waals surface area contributed by atoms with Crippen LogP contribution in [0.25, 0.3) is 0 Å². The molecule has 1 N–H and O–H groups in total. The van der Waals surface area contributed by atoms with Crippen LogP contribution in [0.2, 0.25) is 0 Å². The van der Waals surface area contributed by atoms with Crippen LogP contribution in [0, 0.1) is 0 Å². The number of nitrogens with zero attached hydrogens (tertiary/aromatic N) is 2. The Kier molecular flexibility index (Phi) is 5.49. The minimum absolute atomic E-state index is 0.0866. The van der Waals surface area contributed by atoms with Crippen molar-refractivity contribution < 1.29 is 14.4 Å². The molecule has 3 rings (SSSR count).